The first-order chi connectivity index (χ1) is 8.18. The van der Waals surface area contributed by atoms with Crippen LogP contribution in [-0.4, -0.2) is 21.3 Å². The number of hydrogen-bond donors (Lipinski definition) is 2. The summed E-state index contributed by atoms with van der Waals surface area (Å²) in [7, 11) is 0. The van der Waals surface area contributed by atoms with Gasteiger partial charge in [-0.05, 0) is 5.56 Å². The Morgan fingerprint density at radius 3 is 2.65 bits per heavy atom. The first-order valence-corrected chi connectivity index (χ1v) is 5.51. The number of carbonyl (C=O) groups is 1. The number of rotatable bonds is 4. The van der Waals surface area contributed by atoms with Crippen LogP contribution in [0.2, 0.25) is 5.02 Å². The van der Waals surface area contributed by atoms with Crippen LogP contribution in [0.15, 0.2) is 36.5 Å². The van der Waals surface area contributed by atoms with Gasteiger partial charge in [0.15, 0.2) is 0 Å². The quantitative estimate of drug-likeness (QED) is 0.876. The fourth-order valence-electron chi connectivity index (χ4n) is 1.68. The number of nitrogens with zero attached hydrogens (tertiary/aromatic N) is 1. The minimum absolute atomic E-state index is 0.304. The standard InChI is InChI=1S/C12H11ClN2O2/c13-10-7-14-15-11(10)6-9(12(16)17)8-4-2-1-3-5-8/h1-5,7,9H,6H2,(H,14,15)(H,16,17). The monoisotopic (exact) mass is 250 g/mol. The molecule has 2 aromatic rings. The highest BCUT2D eigenvalue weighted by Crippen LogP contribution is 2.23. The molecule has 1 atom stereocenters. The summed E-state index contributed by atoms with van der Waals surface area (Å²) in [4.78, 5) is 11.3. The van der Waals surface area contributed by atoms with E-state index in [1.165, 1.54) is 6.20 Å². The Labute approximate surface area is 103 Å². The fraction of sp³-hybridized carbons (Fsp3) is 0.167. The van der Waals surface area contributed by atoms with Gasteiger partial charge < -0.3 is 5.11 Å². The Morgan fingerprint density at radius 1 is 1.41 bits per heavy atom. The zero-order chi connectivity index (χ0) is 12.3. The van der Waals surface area contributed by atoms with Crippen molar-refractivity contribution in [3.63, 3.8) is 0 Å². The van der Waals surface area contributed by atoms with E-state index in [0.29, 0.717) is 17.1 Å². The van der Waals surface area contributed by atoms with Gasteiger partial charge in [-0.1, -0.05) is 41.9 Å². The van der Waals surface area contributed by atoms with Crippen molar-refractivity contribution in [1.82, 2.24) is 10.2 Å². The molecular weight excluding hydrogens is 240 g/mol. The topological polar surface area (TPSA) is 66.0 Å². The SMILES string of the molecule is O=C(O)C(Cc1[nH]ncc1Cl)c1ccccc1. The summed E-state index contributed by atoms with van der Waals surface area (Å²) in [5.41, 5.74) is 1.40. The first kappa shape index (κ1) is 11.7. The number of benzene rings is 1. The average Bonchev–Trinajstić information content (AvgIpc) is 2.72. The number of halogens is 1. The highest BCUT2D eigenvalue weighted by Gasteiger charge is 2.21. The van der Waals surface area contributed by atoms with Crippen molar-refractivity contribution < 1.29 is 9.90 Å². The van der Waals surface area contributed by atoms with Crippen molar-refractivity contribution in [3.05, 3.63) is 52.8 Å². The van der Waals surface area contributed by atoms with E-state index in [1.807, 2.05) is 18.2 Å². The maximum absolute atomic E-state index is 11.3. The number of H-pyrrole nitrogens is 1. The second-order valence-electron chi connectivity index (χ2n) is 3.70. The number of nitrogens with one attached hydrogen (secondary N) is 1. The highest BCUT2D eigenvalue weighted by molar-refractivity contribution is 6.31. The molecule has 5 heteroatoms. The van der Waals surface area contributed by atoms with Crippen molar-refractivity contribution in [2.24, 2.45) is 0 Å². The number of hydrogen-bond acceptors (Lipinski definition) is 2. The van der Waals surface area contributed by atoms with Crippen molar-refractivity contribution in [1.29, 1.82) is 0 Å². The Hall–Kier alpha value is -1.81. The third kappa shape index (κ3) is 2.65. The summed E-state index contributed by atoms with van der Waals surface area (Å²) >= 11 is 5.89. The molecule has 2 rings (SSSR count). The largest absolute Gasteiger partial charge is 0.481 e. The van der Waals surface area contributed by atoms with Crippen LogP contribution in [0, 0.1) is 0 Å². The molecule has 0 amide bonds. The predicted octanol–water partition coefficient (Wildman–Crippen LogP) is 2.47. The summed E-state index contributed by atoms with van der Waals surface area (Å²) in [6.07, 6.45) is 1.78. The first-order valence-electron chi connectivity index (χ1n) is 5.14. The van der Waals surface area contributed by atoms with Crippen molar-refractivity contribution >= 4 is 17.6 Å². The lowest BCUT2D eigenvalue weighted by atomic mass is 9.94. The van der Waals surface area contributed by atoms with Crippen LogP contribution in [0.1, 0.15) is 17.2 Å². The summed E-state index contributed by atoms with van der Waals surface area (Å²) < 4.78 is 0. The fourth-order valence-corrected chi connectivity index (χ4v) is 1.85. The van der Waals surface area contributed by atoms with E-state index in [9.17, 15) is 9.90 Å². The molecular formula is C12H11ClN2O2. The summed E-state index contributed by atoms with van der Waals surface area (Å²) in [5, 5.41) is 16.2. The van der Waals surface area contributed by atoms with Gasteiger partial charge in [-0.3, -0.25) is 9.89 Å². The summed E-state index contributed by atoms with van der Waals surface area (Å²) in [6.45, 7) is 0. The van der Waals surface area contributed by atoms with Crippen LogP contribution in [0.5, 0.6) is 0 Å². The molecule has 0 fully saturated rings. The molecule has 2 N–H and O–H groups in total. The second-order valence-corrected chi connectivity index (χ2v) is 4.11. The van der Waals surface area contributed by atoms with Crippen LogP contribution in [0.3, 0.4) is 0 Å². The molecule has 0 aliphatic carbocycles. The number of aliphatic carboxylic acids is 1. The number of aromatic nitrogens is 2. The van der Waals surface area contributed by atoms with E-state index < -0.39 is 11.9 Å². The van der Waals surface area contributed by atoms with Gasteiger partial charge in [-0.15, -0.1) is 0 Å². The Bertz CT molecular complexity index is 510. The molecule has 4 nitrogen and oxygen atoms in total. The highest BCUT2D eigenvalue weighted by atomic mass is 35.5. The molecule has 0 radical (unpaired) electrons. The second kappa shape index (κ2) is 5.01. The van der Waals surface area contributed by atoms with Gasteiger partial charge in [0.2, 0.25) is 0 Å². The molecule has 0 aliphatic heterocycles. The number of carboxylic acid groups (broad SMARTS) is 1. The minimum Gasteiger partial charge on any atom is -0.481 e. The van der Waals surface area contributed by atoms with Crippen molar-refractivity contribution in [3.8, 4) is 0 Å². The van der Waals surface area contributed by atoms with Gasteiger partial charge in [0.1, 0.15) is 0 Å². The zero-order valence-electron chi connectivity index (χ0n) is 8.93. The smallest absolute Gasteiger partial charge is 0.311 e. The van der Waals surface area contributed by atoms with E-state index >= 15 is 0 Å². The third-order valence-corrected chi connectivity index (χ3v) is 2.90. The molecule has 0 saturated carbocycles. The molecule has 0 spiro atoms. The van der Waals surface area contributed by atoms with E-state index in [1.54, 1.807) is 12.1 Å². The molecule has 1 aromatic carbocycles. The number of aromatic amines is 1. The Balaban J connectivity index is 2.26. The summed E-state index contributed by atoms with van der Waals surface area (Å²) in [6, 6.07) is 9.08. The van der Waals surface area contributed by atoms with E-state index in [-0.39, 0.29) is 0 Å². The minimum atomic E-state index is -0.873. The van der Waals surface area contributed by atoms with E-state index in [2.05, 4.69) is 10.2 Å². The Morgan fingerprint density at radius 2 is 2.12 bits per heavy atom. The average molecular weight is 251 g/mol. The van der Waals surface area contributed by atoms with Crippen LogP contribution < -0.4 is 0 Å². The Kier molecular flexibility index (Phi) is 3.44. The maximum atomic E-state index is 11.3. The normalized spacial score (nSPS) is 12.3. The maximum Gasteiger partial charge on any atom is 0.311 e. The lowest BCUT2D eigenvalue weighted by molar-refractivity contribution is -0.138. The van der Waals surface area contributed by atoms with Gasteiger partial charge in [0, 0.05) is 6.42 Å². The summed E-state index contributed by atoms with van der Waals surface area (Å²) in [5.74, 6) is -1.49. The molecule has 17 heavy (non-hydrogen) atoms. The van der Waals surface area contributed by atoms with Gasteiger partial charge in [0.25, 0.3) is 0 Å². The molecule has 1 heterocycles. The third-order valence-electron chi connectivity index (χ3n) is 2.57. The lowest BCUT2D eigenvalue weighted by Gasteiger charge is -2.11. The predicted molar refractivity (Wildman–Crippen MR) is 64.1 cm³/mol. The van der Waals surface area contributed by atoms with Crippen molar-refractivity contribution in [2.45, 2.75) is 12.3 Å². The lowest BCUT2D eigenvalue weighted by Crippen LogP contribution is -2.14. The van der Waals surface area contributed by atoms with Crippen molar-refractivity contribution in [2.75, 3.05) is 0 Å². The molecule has 88 valence electrons. The van der Waals surface area contributed by atoms with Gasteiger partial charge in [-0.25, -0.2) is 0 Å². The van der Waals surface area contributed by atoms with Crippen LogP contribution >= 0.6 is 11.6 Å². The van der Waals surface area contributed by atoms with Gasteiger partial charge in [-0.2, -0.15) is 5.10 Å². The van der Waals surface area contributed by atoms with Crippen LogP contribution in [-0.2, 0) is 11.2 Å². The molecule has 1 aromatic heterocycles. The molecule has 0 aliphatic rings. The van der Waals surface area contributed by atoms with E-state index in [4.69, 9.17) is 11.6 Å². The van der Waals surface area contributed by atoms with Crippen LogP contribution in [0.25, 0.3) is 0 Å². The number of carboxylic acids is 1. The molecule has 0 saturated heterocycles. The van der Waals surface area contributed by atoms with Gasteiger partial charge >= 0.3 is 5.97 Å². The molecule has 0 bridgehead atoms. The van der Waals surface area contributed by atoms with Gasteiger partial charge in [0.05, 0.1) is 22.8 Å². The van der Waals surface area contributed by atoms with Crippen LogP contribution in [0.4, 0.5) is 0 Å². The van der Waals surface area contributed by atoms with E-state index in [0.717, 1.165) is 5.56 Å². The zero-order valence-corrected chi connectivity index (χ0v) is 9.69. The molecule has 1 unspecified atom stereocenters.